The molecule has 5 nitrogen and oxygen atoms in total. The van der Waals surface area contributed by atoms with E-state index in [2.05, 4.69) is 20.0 Å². The molecule has 0 spiro atoms. The van der Waals surface area contributed by atoms with Gasteiger partial charge in [0.15, 0.2) is 5.82 Å². The lowest BCUT2D eigenvalue weighted by molar-refractivity contribution is -0.0498. The molecule has 1 aromatic heterocycles. The monoisotopic (exact) mass is 415 g/mol. The van der Waals surface area contributed by atoms with E-state index in [9.17, 15) is 8.78 Å². The maximum atomic E-state index is 12.3. The number of aromatic nitrogens is 2. The van der Waals surface area contributed by atoms with E-state index in [1.807, 2.05) is 13.3 Å². The third-order valence-corrected chi connectivity index (χ3v) is 3.45. The second-order valence-corrected chi connectivity index (χ2v) is 6.95. The molecule has 0 aliphatic rings. The van der Waals surface area contributed by atoms with Gasteiger partial charge in [-0.2, -0.15) is 23.7 Å². The maximum Gasteiger partial charge on any atom is 0.387 e. The molecule has 0 amide bonds. The summed E-state index contributed by atoms with van der Waals surface area (Å²) >= 11 is 11.7. The summed E-state index contributed by atoms with van der Waals surface area (Å²) in [5.74, 6) is 0.602. The van der Waals surface area contributed by atoms with Gasteiger partial charge in [0.25, 0.3) is 0 Å². The summed E-state index contributed by atoms with van der Waals surface area (Å²) in [5, 5.41) is 3.21. The third-order valence-electron chi connectivity index (χ3n) is 2.43. The van der Waals surface area contributed by atoms with Crippen molar-refractivity contribution in [2.75, 3.05) is 18.6 Å². The first-order chi connectivity index (χ1) is 10.8. The third kappa shape index (κ3) is 6.14. The van der Waals surface area contributed by atoms with Crippen LogP contribution >= 0.6 is 41.2 Å². The molecule has 1 atom stereocenters. The highest BCUT2D eigenvalue weighted by atomic mass is 35.5. The predicted octanol–water partition coefficient (Wildman–Crippen LogP) is 5.22. The van der Waals surface area contributed by atoms with Crippen LogP contribution in [0.2, 0.25) is 10.3 Å². The van der Waals surface area contributed by atoms with Crippen molar-refractivity contribution in [2.24, 2.45) is 0 Å². The number of nitrogens with one attached hydrogen (secondary N) is 1. The fraction of sp³-hybridized carbons (Fsp3) is 0.231. The van der Waals surface area contributed by atoms with E-state index in [0.717, 1.165) is 0 Å². The van der Waals surface area contributed by atoms with Gasteiger partial charge in [-0.05, 0) is 37.1 Å². The van der Waals surface area contributed by atoms with E-state index < -0.39 is 14.8 Å². The zero-order valence-electron chi connectivity index (χ0n) is 12.8. The molecule has 1 aromatic carbocycles. The summed E-state index contributed by atoms with van der Waals surface area (Å²) in [5.41, 5.74) is 0.486. The standard InChI is InChI=1S/C13H12Cl2F2N3O2P.H3P/c1-23(2)22-10-5-7(21-13(16)17)3-4-9(10)19-11-8(14)6-18-12(15)20-11;/h3-6,13H,1-2H3,(H,18,19,20);1H3. The number of rotatable bonds is 6. The summed E-state index contributed by atoms with van der Waals surface area (Å²) in [4.78, 5) is 7.72. The molecular weight excluding hydrogens is 401 g/mol. The number of alkyl halides is 2. The highest BCUT2D eigenvalue weighted by Gasteiger charge is 2.13. The first-order valence-electron chi connectivity index (χ1n) is 6.24. The zero-order valence-corrected chi connectivity index (χ0v) is 16.6. The van der Waals surface area contributed by atoms with Crippen molar-refractivity contribution < 1.29 is 18.0 Å². The Labute approximate surface area is 152 Å². The Morgan fingerprint density at radius 2 is 1.96 bits per heavy atom. The Kier molecular flexibility index (Phi) is 8.31. The van der Waals surface area contributed by atoms with Crippen LogP contribution in [0.5, 0.6) is 11.5 Å². The summed E-state index contributed by atoms with van der Waals surface area (Å²) in [6.45, 7) is 0.823. The highest BCUT2D eigenvalue weighted by molar-refractivity contribution is 7.51. The van der Waals surface area contributed by atoms with Crippen LogP contribution in [0.1, 0.15) is 0 Å². The van der Waals surface area contributed by atoms with Gasteiger partial charge in [0.2, 0.25) is 5.28 Å². The molecule has 2 rings (SSSR count). The molecule has 1 unspecified atom stereocenters. The second kappa shape index (κ2) is 9.47. The molecule has 1 heterocycles. The minimum atomic E-state index is -2.92. The lowest BCUT2D eigenvalue weighted by Gasteiger charge is -2.16. The summed E-state index contributed by atoms with van der Waals surface area (Å²) in [7, 11) is -0.789. The molecule has 132 valence electrons. The Morgan fingerprint density at radius 1 is 1.25 bits per heavy atom. The van der Waals surface area contributed by atoms with Gasteiger partial charge in [-0.15, -0.1) is 0 Å². The number of ether oxygens (including phenoxy) is 1. The van der Waals surface area contributed by atoms with E-state index in [1.165, 1.54) is 24.4 Å². The second-order valence-electron chi connectivity index (χ2n) is 4.40. The van der Waals surface area contributed by atoms with Crippen molar-refractivity contribution in [3.8, 4) is 11.5 Å². The molecule has 1 N–H and O–H groups in total. The number of nitrogens with zero attached hydrogens (tertiary/aromatic N) is 2. The van der Waals surface area contributed by atoms with Gasteiger partial charge >= 0.3 is 6.61 Å². The lowest BCUT2D eigenvalue weighted by Crippen LogP contribution is -2.03. The SMILES string of the molecule is CP(C)Oc1cc(OC(F)F)ccc1Nc1nc(Cl)ncc1Cl.P. The summed E-state index contributed by atoms with van der Waals surface area (Å²) < 4.78 is 34.7. The molecule has 0 saturated heterocycles. The number of hydrogen-bond donors (Lipinski definition) is 1. The number of benzene rings is 1. The fourth-order valence-corrected chi connectivity index (χ4v) is 2.43. The topological polar surface area (TPSA) is 56.3 Å². The Morgan fingerprint density at radius 3 is 2.58 bits per heavy atom. The van der Waals surface area contributed by atoms with Crippen LogP contribution in [0.4, 0.5) is 20.3 Å². The summed E-state index contributed by atoms with van der Waals surface area (Å²) in [6.07, 6.45) is 1.35. The summed E-state index contributed by atoms with van der Waals surface area (Å²) in [6, 6.07) is 4.28. The van der Waals surface area contributed by atoms with Crippen LogP contribution in [0.15, 0.2) is 24.4 Å². The van der Waals surface area contributed by atoms with E-state index in [4.69, 9.17) is 27.7 Å². The van der Waals surface area contributed by atoms with Gasteiger partial charge in [0, 0.05) is 6.07 Å². The van der Waals surface area contributed by atoms with Crippen molar-refractivity contribution in [3.63, 3.8) is 0 Å². The molecule has 0 bridgehead atoms. The van der Waals surface area contributed by atoms with Crippen LogP contribution in [0.25, 0.3) is 0 Å². The average molecular weight is 416 g/mol. The van der Waals surface area contributed by atoms with Gasteiger partial charge in [0.1, 0.15) is 16.5 Å². The molecule has 0 aliphatic heterocycles. The van der Waals surface area contributed by atoms with Gasteiger partial charge in [-0.3, -0.25) is 0 Å². The quantitative estimate of drug-likeness (QED) is 0.517. The van der Waals surface area contributed by atoms with E-state index >= 15 is 0 Å². The van der Waals surface area contributed by atoms with E-state index in [-0.39, 0.29) is 31.8 Å². The van der Waals surface area contributed by atoms with Crippen LogP contribution in [-0.2, 0) is 0 Å². The van der Waals surface area contributed by atoms with E-state index in [1.54, 1.807) is 0 Å². The van der Waals surface area contributed by atoms with Gasteiger partial charge < -0.3 is 14.6 Å². The first-order valence-corrected chi connectivity index (χ1v) is 9.15. The van der Waals surface area contributed by atoms with Gasteiger partial charge in [0.05, 0.1) is 20.0 Å². The largest absolute Gasteiger partial charge is 0.472 e. The van der Waals surface area contributed by atoms with E-state index in [0.29, 0.717) is 11.4 Å². The van der Waals surface area contributed by atoms with Crippen molar-refractivity contribution in [1.29, 1.82) is 0 Å². The molecule has 0 saturated carbocycles. The Bertz CT molecular complexity index is 696. The number of halogens is 4. The van der Waals surface area contributed by atoms with Crippen molar-refractivity contribution in [3.05, 3.63) is 34.7 Å². The van der Waals surface area contributed by atoms with Crippen LogP contribution in [-0.4, -0.2) is 29.9 Å². The van der Waals surface area contributed by atoms with Crippen molar-refractivity contribution in [2.45, 2.75) is 6.61 Å². The lowest BCUT2D eigenvalue weighted by atomic mass is 10.2. The van der Waals surface area contributed by atoms with Crippen molar-refractivity contribution >= 4 is 52.8 Å². The minimum Gasteiger partial charge on any atom is -0.472 e. The number of anilines is 2. The molecule has 0 radical (unpaired) electrons. The molecule has 0 aliphatic carbocycles. The molecule has 11 heteroatoms. The van der Waals surface area contributed by atoms with Crippen LogP contribution in [0, 0.1) is 0 Å². The number of hydrogen-bond acceptors (Lipinski definition) is 5. The highest BCUT2D eigenvalue weighted by Crippen LogP contribution is 2.39. The molecule has 2 aromatic rings. The van der Waals surface area contributed by atoms with Crippen molar-refractivity contribution in [1.82, 2.24) is 9.97 Å². The van der Waals surface area contributed by atoms with Gasteiger partial charge in [-0.25, -0.2) is 4.98 Å². The molecule has 24 heavy (non-hydrogen) atoms. The van der Waals surface area contributed by atoms with Crippen LogP contribution in [0.3, 0.4) is 0 Å². The zero-order chi connectivity index (χ0) is 17.0. The normalized spacial score (nSPS) is 10.5. The van der Waals surface area contributed by atoms with Crippen LogP contribution < -0.4 is 14.6 Å². The molecule has 0 fully saturated rings. The Hall–Kier alpha value is -1.00. The maximum absolute atomic E-state index is 12.3. The Balaban J connectivity index is 0.00000288. The smallest absolute Gasteiger partial charge is 0.387 e. The van der Waals surface area contributed by atoms with Gasteiger partial charge in [-0.1, -0.05) is 11.6 Å². The predicted molar refractivity (Wildman–Crippen MR) is 98.9 cm³/mol. The average Bonchev–Trinajstić information content (AvgIpc) is 2.44. The minimum absolute atomic E-state index is 0. The fourth-order valence-electron chi connectivity index (χ4n) is 1.62. The molecular formula is C13H15Cl2F2N3O2P2. The first kappa shape index (κ1) is 21.0.